The number of hydrogen-bond donors (Lipinski definition) is 2. The van der Waals surface area contributed by atoms with Gasteiger partial charge in [-0.2, -0.15) is 0 Å². The van der Waals surface area contributed by atoms with E-state index in [2.05, 4.69) is 5.32 Å². The van der Waals surface area contributed by atoms with Crippen molar-refractivity contribution in [1.29, 1.82) is 0 Å². The third-order valence-electron chi connectivity index (χ3n) is 3.44. The summed E-state index contributed by atoms with van der Waals surface area (Å²) in [5.41, 5.74) is 1.51. The van der Waals surface area contributed by atoms with Gasteiger partial charge in [0.25, 0.3) is 0 Å². The van der Waals surface area contributed by atoms with Gasteiger partial charge in [0.15, 0.2) is 0 Å². The zero-order chi connectivity index (χ0) is 15.4. The molecule has 1 atom stereocenters. The number of carbonyl (C=O) groups is 2. The third-order valence-corrected chi connectivity index (χ3v) is 3.77. The van der Waals surface area contributed by atoms with Crippen LogP contribution in [0.25, 0.3) is 6.08 Å². The van der Waals surface area contributed by atoms with Crippen LogP contribution in [0, 0.1) is 0 Å². The molecule has 0 spiro atoms. The Kier molecular flexibility index (Phi) is 4.85. The number of benzene rings is 1. The topological polar surface area (TPSA) is 69.6 Å². The molecule has 2 rings (SSSR count). The highest BCUT2D eigenvalue weighted by Crippen LogP contribution is 2.27. The number of carboxylic acid groups (broad SMARTS) is 1. The molecule has 1 aromatic carbocycles. The number of piperazine rings is 1. The van der Waals surface area contributed by atoms with Gasteiger partial charge >= 0.3 is 5.97 Å². The zero-order valence-electron chi connectivity index (χ0n) is 11.7. The first-order valence-electron chi connectivity index (χ1n) is 6.78. The third kappa shape index (κ3) is 3.55. The average Bonchev–Trinajstić information content (AvgIpc) is 2.45. The summed E-state index contributed by atoms with van der Waals surface area (Å²) in [6.07, 6.45) is 3.21. The van der Waals surface area contributed by atoms with Crippen molar-refractivity contribution in [2.45, 2.75) is 19.4 Å². The number of halogens is 1. The number of carboxylic acids is 1. The molecule has 0 saturated carbocycles. The number of carbonyl (C=O) groups excluding carboxylic acids is 1. The van der Waals surface area contributed by atoms with Crippen molar-refractivity contribution in [3.05, 3.63) is 34.9 Å². The van der Waals surface area contributed by atoms with E-state index in [1.807, 2.05) is 17.9 Å². The summed E-state index contributed by atoms with van der Waals surface area (Å²) in [7, 11) is 0. The van der Waals surface area contributed by atoms with Crippen molar-refractivity contribution in [2.75, 3.05) is 18.0 Å². The molecule has 6 heteroatoms. The fourth-order valence-corrected chi connectivity index (χ4v) is 2.66. The molecule has 0 aliphatic carbocycles. The molecule has 21 heavy (non-hydrogen) atoms. The maximum atomic E-state index is 11.9. The summed E-state index contributed by atoms with van der Waals surface area (Å²) in [6, 6.07) is 5.19. The van der Waals surface area contributed by atoms with Crippen LogP contribution in [0.1, 0.15) is 18.9 Å². The number of nitrogens with zero attached hydrogens (tertiary/aromatic N) is 1. The number of rotatable bonds is 4. The van der Waals surface area contributed by atoms with E-state index in [0.717, 1.165) is 18.3 Å². The number of amides is 1. The van der Waals surface area contributed by atoms with Crippen LogP contribution >= 0.6 is 11.6 Å². The van der Waals surface area contributed by atoms with E-state index in [1.165, 1.54) is 6.08 Å². The van der Waals surface area contributed by atoms with Gasteiger partial charge in [0, 0.05) is 29.9 Å². The monoisotopic (exact) mass is 308 g/mol. The highest BCUT2D eigenvalue weighted by molar-refractivity contribution is 6.32. The Hall–Kier alpha value is -2.01. The molecule has 0 radical (unpaired) electrons. The van der Waals surface area contributed by atoms with Gasteiger partial charge in [0.05, 0.1) is 0 Å². The average molecular weight is 309 g/mol. The summed E-state index contributed by atoms with van der Waals surface area (Å²) in [5, 5.41) is 12.0. The van der Waals surface area contributed by atoms with Gasteiger partial charge < -0.3 is 15.3 Å². The molecule has 5 nitrogen and oxygen atoms in total. The lowest BCUT2D eigenvalue weighted by Crippen LogP contribution is -2.55. The SMILES string of the molecule is CCC1C(=O)NCCN1c1ccc(/C=C/C(=O)O)c(Cl)c1. The Morgan fingerprint density at radius 1 is 1.57 bits per heavy atom. The van der Waals surface area contributed by atoms with Gasteiger partial charge in [-0.1, -0.05) is 24.6 Å². The van der Waals surface area contributed by atoms with Gasteiger partial charge in [-0.3, -0.25) is 4.79 Å². The maximum absolute atomic E-state index is 11.9. The summed E-state index contributed by atoms with van der Waals surface area (Å²) >= 11 is 6.19. The van der Waals surface area contributed by atoms with Crippen LogP contribution in [0.2, 0.25) is 5.02 Å². The van der Waals surface area contributed by atoms with E-state index >= 15 is 0 Å². The van der Waals surface area contributed by atoms with E-state index in [9.17, 15) is 9.59 Å². The lowest BCUT2D eigenvalue weighted by Gasteiger charge is -2.36. The fourth-order valence-electron chi connectivity index (χ4n) is 2.42. The Balaban J connectivity index is 2.26. The fraction of sp³-hybridized carbons (Fsp3) is 0.333. The van der Waals surface area contributed by atoms with Gasteiger partial charge in [-0.05, 0) is 30.2 Å². The minimum Gasteiger partial charge on any atom is -0.478 e. The minimum absolute atomic E-state index is 0.0229. The molecule has 0 bridgehead atoms. The smallest absolute Gasteiger partial charge is 0.328 e. The Morgan fingerprint density at radius 2 is 2.33 bits per heavy atom. The van der Waals surface area contributed by atoms with E-state index < -0.39 is 5.97 Å². The molecule has 1 aromatic rings. The van der Waals surface area contributed by atoms with Crippen LogP contribution in [0.4, 0.5) is 5.69 Å². The molecule has 1 aliphatic heterocycles. The summed E-state index contributed by atoms with van der Waals surface area (Å²) < 4.78 is 0. The van der Waals surface area contributed by atoms with Gasteiger partial charge in [0.1, 0.15) is 6.04 Å². The molecule has 1 heterocycles. The second-order valence-electron chi connectivity index (χ2n) is 4.79. The first-order valence-corrected chi connectivity index (χ1v) is 7.15. The highest BCUT2D eigenvalue weighted by atomic mass is 35.5. The van der Waals surface area contributed by atoms with E-state index in [1.54, 1.807) is 12.1 Å². The molecular weight excluding hydrogens is 292 g/mol. The van der Waals surface area contributed by atoms with Gasteiger partial charge in [0.2, 0.25) is 5.91 Å². The van der Waals surface area contributed by atoms with Crippen LogP contribution in [0.3, 0.4) is 0 Å². The van der Waals surface area contributed by atoms with Crippen LogP contribution in [-0.2, 0) is 9.59 Å². The first-order chi connectivity index (χ1) is 10.0. The number of aliphatic carboxylic acids is 1. The predicted octanol–water partition coefficient (Wildman–Crippen LogP) is 2.15. The second-order valence-corrected chi connectivity index (χ2v) is 5.19. The lowest BCUT2D eigenvalue weighted by atomic mass is 10.1. The van der Waals surface area contributed by atoms with Crippen molar-refractivity contribution in [1.82, 2.24) is 5.32 Å². The molecule has 1 aliphatic rings. The highest BCUT2D eigenvalue weighted by Gasteiger charge is 2.28. The first kappa shape index (κ1) is 15.4. The normalized spacial score (nSPS) is 18.9. The Labute approximate surface area is 128 Å². The van der Waals surface area contributed by atoms with E-state index in [-0.39, 0.29) is 11.9 Å². The molecule has 112 valence electrons. The predicted molar refractivity (Wildman–Crippen MR) is 82.6 cm³/mol. The van der Waals surface area contributed by atoms with Gasteiger partial charge in [-0.25, -0.2) is 4.79 Å². The molecular formula is C15H17ClN2O3. The minimum atomic E-state index is -1.02. The number of hydrogen-bond acceptors (Lipinski definition) is 3. The van der Waals surface area contributed by atoms with Crippen molar-refractivity contribution in [3.63, 3.8) is 0 Å². The Bertz CT molecular complexity index is 586. The molecule has 1 fully saturated rings. The molecule has 2 N–H and O–H groups in total. The summed E-state index contributed by atoms with van der Waals surface area (Å²) in [6.45, 7) is 3.30. The largest absolute Gasteiger partial charge is 0.478 e. The summed E-state index contributed by atoms with van der Waals surface area (Å²) in [5.74, 6) is -0.997. The number of nitrogens with one attached hydrogen (secondary N) is 1. The van der Waals surface area contributed by atoms with Crippen LogP contribution in [-0.4, -0.2) is 36.1 Å². The van der Waals surface area contributed by atoms with E-state index in [4.69, 9.17) is 16.7 Å². The van der Waals surface area contributed by atoms with Gasteiger partial charge in [-0.15, -0.1) is 0 Å². The Morgan fingerprint density at radius 3 is 2.95 bits per heavy atom. The van der Waals surface area contributed by atoms with Crippen molar-refractivity contribution >= 4 is 35.2 Å². The lowest BCUT2D eigenvalue weighted by molar-refractivity contribution is -0.131. The van der Waals surface area contributed by atoms with Crippen molar-refractivity contribution in [2.24, 2.45) is 0 Å². The van der Waals surface area contributed by atoms with Crippen LogP contribution in [0.5, 0.6) is 0 Å². The molecule has 1 saturated heterocycles. The molecule has 1 amide bonds. The van der Waals surface area contributed by atoms with Crippen LogP contribution < -0.4 is 10.2 Å². The maximum Gasteiger partial charge on any atom is 0.328 e. The quantitative estimate of drug-likeness (QED) is 0.836. The van der Waals surface area contributed by atoms with E-state index in [0.29, 0.717) is 23.6 Å². The second kappa shape index (κ2) is 6.63. The standard InChI is InChI=1S/C15H17ClN2O3/c1-2-13-15(21)17-7-8-18(13)11-5-3-10(12(16)9-11)4-6-14(19)20/h3-6,9,13H,2,7-8H2,1H3,(H,17,21)(H,19,20)/b6-4+. The number of anilines is 1. The molecule has 0 aromatic heterocycles. The van der Waals surface area contributed by atoms with Crippen molar-refractivity contribution in [3.8, 4) is 0 Å². The zero-order valence-corrected chi connectivity index (χ0v) is 12.4. The molecule has 1 unspecified atom stereocenters. The summed E-state index contributed by atoms with van der Waals surface area (Å²) in [4.78, 5) is 24.4. The van der Waals surface area contributed by atoms with Crippen LogP contribution in [0.15, 0.2) is 24.3 Å². The van der Waals surface area contributed by atoms with Crippen molar-refractivity contribution < 1.29 is 14.7 Å².